The van der Waals surface area contributed by atoms with Gasteiger partial charge in [-0.1, -0.05) is 28.1 Å². The summed E-state index contributed by atoms with van der Waals surface area (Å²) >= 11 is 3.41. The lowest BCUT2D eigenvalue weighted by Gasteiger charge is -2.27. The number of aryl methyl sites for hydroxylation is 1. The molecule has 1 atom stereocenters. The number of nitrogens with two attached hydrogens (primary N) is 1. The van der Waals surface area contributed by atoms with E-state index in [1.54, 1.807) is 13.1 Å². The molecule has 0 saturated carbocycles. The number of benzene rings is 1. The maximum atomic E-state index is 10.8. The number of hydrogen-bond donors (Lipinski definition) is 2. The van der Waals surface area contributed by atoms with E-state index >= 15 is 0 Å². The number of aromatic nitrogens is 1. The molecule has 3 N–H and O–H groups in total. The molecule has 94 valence electrons. The predicted octanol–water partition coefficient (Wildman–Crippen LogP) is 2.99. The molecule has 0 aliphatic heterocycles. The third-order valence-corrected chi connectivity index (χ3v) is 3.56. The molecular formula is C14H15BrN2O. The molecule has 1 unspecified atom stereocenters. The molecule has 0 amide bonds. The van der Waals surface area contributed by atoms with Crippen LogP contribution in [-0.4, -0.2) is 10.1 Å². The van der Waals surface area contributed by atoms with E-state index < -0.39 is 5.60 Å². The second-order valence-electron chi connectivity index (χ2n) is 4.47. The number of nitrogen functional groups attached to an aromatic ring is 1. The first-order valence-corrected chi connectivity index (χ1v) is 6.42. The van der Waals surface area contributed by atoms with Crippen LogP contribution in [-0.2, 0) is 5.60 Å². The van der Waals surface area contributed by atoms with Gasteiger partial charge in [-0.15, -0.1) is 0 Å². The standard InChI is InChI=1S/C14H15BrN2O/c1-9-6-7-17-13(16)12(9)14(2,18)10-4-3-5-11(15)8-10/h3-8,18H,1-2H3,(H2,16,17). The largest absolute Gasteiger partial charge is 0.383 e. The van der Waals surface area contributed by atoms with Gasteiger partial charge in [0.1, 0.15) is 11.4 Å². The van der Waals surface area contributed by atoms with Crippen LogP contribution in [0, 0.1) is 6.92 Å². The van der Waals surface area contributed by atoms with Crippen LogP contribution < -0.4 is 5.73 Å². The Morgan fingerprint density at radius 2 is 2.06 bits per heavy atom. The maximum Gasteiger partial charge on any atom is 0.130 e. The molecular weight excluding hydrogens is 292 g/mol. The highest BCUT2D eigenvalue weighted by atomic mass is 79.9. The van der Waals surface area contributed by atoms with Crippen LogP contribution in [0.2, 0.25) is 0 Å². The van der Waals surface area contributed by atoms with Crippen molar-refractivity contribution in [1.82, 2.24) is 4.98 Å². The summed E-state index contributed by atoms with van der Waals surface area (Å²) in [5.41, 5.74) is 7.10. The van der Waals surface area contributed by atoms with E-state index in [2.05, 4.69) is 20.9 Å². The minimum atomic E-state index is -1.16. The highest BCUT2D eigenvalue weighted by molar-refractivity contribution is 9.10. The first-order chi connectivity index (χ1) is 8.43. The molecule has 1 aromatic heterocycles. The molecule has 0 aliphatic rings. The van der Waals surface area contributed by atoms with Gasteiger partial charge in [0.25, 0.3) is 0 Å². The molecule has 0 bridgehead atoms. The van der Waals surface area contributed by atoms with Crippen molar-refractivity contribution in [2.75, 3.05) is 5.73 Å². The van der Waals surface area contributed by atoms with Crippen molar-refractivity contribution >= 4 is 21.7 Å². The zero-order valence-electron chi connectivity index (χ0n) is 10.3. The third kappa shape index (κ3) is 2.26. The Kier molecular flexibility index (Phi) is 3.41. The SMILES string of the molecule is Cc1ccnc(N)c1C(C)(O)c1cccc(Br)c1. The van der Waals surface area contributed by atoms with Gasteiger partial charge in [-0.3, -0.25) is 0 Å². The fourth-order valence-corrected chi connectivity index (χ4v) is 2.55. The Labute approximate surface area is 115 Å². The normalized spacial score (nSPS) is 14.2. The lowest BCUT2D eigenvalue weighted by molar-refractivity contribution is 0.102. The molecule has 1 aromatic carbocycles. The molecule has 0 saturated heterocycles. The minimum absolute atomic E-state index is 0.361. The van der Waals surface area contributed by atoms with Gasteiger partial charge in [-0.05, 0) is 43.2 Å². The number of anilines is 1. The fourth-order valence-electron chi connectivity index (χ4n) is 2.15. The Balaban J connectivity index is 2.61. The molecule has 0 aliphatic carbocycles. The predicted molar refractivity (Wildman–Crippen MR) is 76.2 cm³/mol. The van der Waals surface area contributed by atoms with Crippen LogP contribution in [0.1, 0.15) is 23.6 Å². The van der Waals surface area contributed by atoms with E-state index in [0.29, 0.717) is 11.4 Å². The number of halogens is 1. The van der Waals surface area contributed by atoms with Crippen molar-refractivity contribution in [2.24, 2.45) is 0 Å². The first-order valence-electron chi connectivity index (χ1n) is 5.63. The highest BCUT2D eigenvalue weighted by Crippen LogP contribution is 2.35. The van der Waals surface area contributed by atoms with Gasteiger partial charge in [0.05, 0.1) is 0 Å². The number of aliphatic hydroxyl groups is 1. The average Bonchev–Trinajstić information content (AvgIpc) is 2.28. The molecule has 0 fully saturated rings. The van der Waals surface area contributed by atoms with Crippen LogP contribution in [0.3, 0.4) is 0 Å². The van der Waals surface area contributed by atoms with E-state index in [-0.39, 0.29) is 0 Å². The summed E-state index contributed by atoms with van der Waals surface area (Å²) in [6.45, 7) is 3.65. The van der Waals surface area contributed by atoms with Gasteiger partial charge in [-0.2, -0.15) is 0 Å². The number of nitrogens with zero attached hydrogens (tertiary/aromatic N) is 1. The molecule has 2 aromatic rings. The maximum absolute atomic E-state index is 10.8. The quantitative estimate of drug-likeness (QED) is 0.896. The molecule has 18 heavy (non-hydrogen) atoms. The lowest BCUT2D eigenvalue weighted by Crippen LogP contribution is -2.26. The molecule has 2 rings (SSSR count). The summed E-state index contributed by atoms with van der Waals surface area (Å²) in [5.74, 6) is 0.361. The molecule has 3 nitrogen and oxygen atoms in total. The fraction of sp³-hybridized carbons (Fsp3) is 0.214. The van der Waals surface area contributed by atoms with Gasteiger partial charge < -0.3 is 10.8 Å². The van der Waals surface area contributed by atoms with E-state index in [1.165, 1.54) is 0 Å². The van der Waals surface area contributed by atoms with Crippen LogP contribution >= 0.6 is 15.9 Å². The van der Waals surface area contributed by atoms with Crippen LogP contribution in [0.15, 0.2) is 41.0 Å². The summed E-state index contributed by atoms with van der Waals surface area (Å²) in [6, 6.07) is 9.40. The van der Waals surface area contributed by atoms with E-state index in [9.17, 15) is 5.11 Å². The first kappa shape index (κ1) is 13.1. The zero-order chi connectivity index (χ0) is 13.3. The second kappa shape index (κ2) is 4.71. The van der Waals surface area contributed by atoms with E-state index in [0.717, 1.165) is 15.6 Å². The van der Waals surface area contributed by atoms with Crippen LogP contribution in [0.4, 0.5) is 5.82 Å². The van der Waals surface area contributed by atoms with Crippen molar-refractivity contribution < 1.29 is 5.11 Å². The molecule has 1 heterocycles. The van der Waals surface area contributed by atoms with Crippen molar-refractivity contribution in [3.05, 3.63) is 57.7 Å². The van der Waals surface area contributed by atoms with Gasteiger partial charge in [0.15, 0.2) is 0 Å². The Morgan fingerprint density at radius 1 is 1.33 bits per heavy atom. The number of rotatable bonds is 2. The second-order valence-corrected chi connectivity index (χ2v) is 5.39. The summed E-state index contributed by atoms with van der Waals surface area (Å²) in [5, 5.41) is 10.8. The average molecular weight is 307 g/mol. The summed E-state index contributed by atoms with van der Waals surface area (Å²) in [4.78, 5) is 4.06. The smallest absolute Gasteiger partial charge is 0.130 e. The van der Waals surface area contributed by atoms with Crippen molar-refractivity contribution in [2.45, 2.75) is 19.4 Å². The van der Waals surface area contributed by atoms with Gasteiger partial charge >= 0.3 is 0 Å². The van der Waals surface area contributed by atoms with Gasteiger partial charge in [-0.25, -0.2) is 4.98 Å². The number of pyridine rings is 1. The Bertz CT molecular complexity index is 562. The van der Waals surface area contributed by atoms with Crippen molar-refractivity contribution in [3.63, 3.8) is 0 Å². The molecule has 0 spiro atoms. The molecule has 4 heteroatoms. The van der Waals surface area contributed by atoms with Gasteiger partial charge in [0, 0.05) is 16.2 Å². The summed E-state index contributed by atoms with van der Waals surface area (Å²) in [6.07, 6.45) is 1.64. The molecule has 0 radical (unpaired) electrons. The minimum Gasteiger partial charge on any atom is -0.383 e. The van der Waals surface area contributed by atoms with Gasteiger partial charge in [0.2, 0.25) is 0 Å². The summed E-state index contributed by atoms with van der Waals surface area (Å²) in [7, 11) is 0. The van der Waals surface area contributed by atoms with E-state index in [4.69, 9.17) is 5.73 Å². The van der Waals surface area contributed by atoms with Crippen molar-refractivity contribution in [3.8, 4) is 0 Å². The van der Waals surface area contributed by atoms with Crippen LogP contribution in [0.5, 0.6) is 0 Å². The summed E-state index contributed by atoms with van der Waals surface area (Å²) < 4.78 is 0.917. The Hall–Kier alpha value is -1.39. The van der Waals surface area contributed by atoms with Crippen LogP contribution in [0.25, 0.3) is 0 Å². The Morgan fingerprint density at radius 3 is 2.67 bits per heavy atom. The van der Waals surface area contributed by atoms with Crippen molar-refractivity contribution in [1.29, 1.82) is 0 Å². The highest BCUT2D eigenvalue weighted by Gasteiger charge is 2.30. The van der Waals surface area contributed by atoms with E-state index in [1.807, 2.05) is 37.3 Å². The third-order valence-electron chi connectivity index (χ3n) is 3.06. The lowest BCUT2D eigenvalue weighted by atomic mass is 9.86. The topological polar surface area (TPSA) is 59.1 Å². The number of hydrogen-bond acceptors (Lipinski definition) is 3. The monoisotopic (exact) mass is 306 g/mol. The zero-order valence-corrected chi connectivity index (χ0v) is 11.9.